The number of halogens is 1. The summed E-state index contributed by atoms with van der Waals surface area (Å²) >= 11 is 0. The molecule has 1 heterocycles. The summed E-state index contributed by atoms with van der Waals surface area (Å²) < 4.78 is 13.1. The van der Waals surface area contributed by atoms with E-state index in [9.17, 15) is 14.0 Å². The third-order valence-corrected chi connectivity index (χ3v) is 4.88. The Morgan fingerprint density at radius 1 is 1.04 bits per heavy atom. The highest BCUT2D eigenvalue weighted by molar-refractivity contribution is 6.03. The van der Waals surface area contributed by atoms with E-state index in [-0.39, 0.29) is 17.6 Å². The highest BCUT2D eigenvalue weighted by Gasteiger charge is 2.35. The molecule has 1 aliphatic heterocycles. The van der Waals surface area contributed by atoms with Gasteiger partial charge in [-0.2, -0.15) is 0 Å². The van der Waals surface area contributed by atoms with Crippen LogP contribution in [-0.2, 0) is 4.79 Å². The highest BCUT2D eigenvalue weighted by Crippen LogP contribution is 2.24. The normalized spacial score (nSPS) is 17.7. The lowest BCUT2D eigenvalue weighted by Crippen LogP contribution is -2.57. The lowest BCUT2D eigenvalue weighted by Gasteiger charge is -2.39. The lowest BCUT2D eigenvalue weighted by molar-refractivity contribution is -0.124. The van der Waals surface area contributed by atoms with Crippen molar-refractivity contribution in [3.05, 3.63) is 65.5 Å². The van der Waals surface area contributed by atoms with Crippen LogP contribution < -0.4 is 4.90 Å². The van der Waals surface area contributed by atoms with Crippen molar-refractivity contribution < 1.29 is 14.0 Å². The van der Waals surface area contributed by atoms with Crippen molar-refractivity contribution in [2.45, 2.75) is 32.7 Å². The van der Waals surface area contributed by atoms with E-state index in [0.717, 1.165) is 5.69 Å². The third kappa shape index (κ3) is 3.47. The monoisotopic (exact) mass is 354 g/mol. The summed E-state index contributed by atoms with van der Waals surface area (Å²) in [4.78, 5) is 28.8. The Hall–Kier alpha value is -2.69. The van der Waals surface area contributed by atoms with E-state index < -0.39 is 6.04 Å². The summed E-state index contributed by atoms with van der Waals surface area (Å²) in [5.74, 6) is -0.311. The van der Waals surface area contributed by atoms with Crippen molar-refractivity contribution >= 4 is 17.5 Å². The van der Waals surface area contributed by atoms with E-state index in [1.807, 2.05) is 24.3 Å². The molecule has 0 aliphatic carbocycles. The fraction of sp³-hybridized carbons (Fsp3) is 0.333. The quantitative estimate of drug-likeness (QED) is 0.841. The molecule has 0 bridgehead atoms. The van der Waals surface area contributed by atoms with Crippen molar-refractivity contribution in [2.24, 2.45) is 0 Å². The van der Waals surface area contributed by atoms with E-state index >= 15 is 0 Å². The van der Waals surface area contributed by atoms with Crippen LogP contribution >= 0.6 is 0 Å². The van der Waals surface area contributed by atoms with Crippen molar-refractivity contribution in [3.63, 3.8) is 0 Å². The van der Waals surface area contributed by atoms with Crippen molar-refractivity contribution in [3.8, 4) is 0 Å². The molecule has 3 rings (SSSR count). The molecule has 4 nitrogen and oxygen atoms in total. The van der Waals surface area contributed by atoms with E-state index in [2.05, 4.69) is 13.8 Å². The van der Waals surface area contributed by atoms with Crippen molar-refractivity contribution in [2.75, 3.05) is 18.0 Å². The van der Waals surface area contributed by atoms with E-state index in [4.69, 9.17) is 0 Å². The number of carbonyl (C=O) groups is 2. The minimum Gasteiger partial charge on any atom is -0.325 e. The Kier molecular flexibility index (Phi) is 5.07. The zero-order chi connectivity index (χ0) is 18.8. The van der Waals surface area contributed by atoms with E-state index in [1.54, 1.807) is 16.7 Å². The molecule has 1 saturated heterocycles. The number of anilines is 1. The van der Waals surface area contributed by atoms with Crippen LogP contribution in [0.25, 0.3) is 0 Å². The Morgan fingerprint density at radius 3 is 2.23 bits per heavy atom. The van der Waals surface area contributed by atoms with E-state index in [0.29, 0.717) is 24.6 Å². The van der Waals surface area contributed by atoms with Gasteiger partial charge in [0.25, 0.3) is 5.91 Å². The van der Waals surface area contributed by atoms with Gasteiger partial charge in [-0.3, -0.25) is 9.59 Å². The fourth-order valence-electron chi connectivity index (χ4n) is 3.20. The average Bonchev–Trinajstić information content (AvgIpc) is 2.64. The number of hydrogen-bond acceptors (Lipinski definition) is 2. The Morgan fingerprint density at radius 2 is 1.65 bits per heavy atom. The van der Waals surface area contributed by atoms with Gasteiger partial charge < -0.3 is 9.80 Å². The topological polar surface area (TPSA) is 40.6 Å². The maximum Gasteiger partial charge on any atom is 0.254 e. The average molecular weight is 354 g/mol. The molecule has 0 aromatic heterocycles. The largest absolute Gasteiger partial charge is 0.325 e. The minimum absolute atomic E-state index is 0.107. The number of carbonyl (C=O) groups excluding carboxylic acids is 2. The number of benzene rings is 2. The van der Waals surface area contributed by atoms with Crippen molar-refractivity contribution in [1.29, 1.82) is 0 Å². The Balaban J connectivity index is 1.76. The molecule has 0 N–H and O–H groups in total. The summed E-state index contributed by atoms with van der Waals surface area (Å²) in [7, 11) is 0. The number of hydrogen-bond donors (Lipinski definition) is 0. The standard InChI is InChI=1S/C21H23FN2O2/c1-14(2)16-6-10-19(11-7-16)24-13-12-23(15(3)20(24)25)21(26)17-4-8-18(22)9-5-17/h4-11,14-15H,12-13H2,1-3H3/t15-/m0/s1. The smallest absolute Gasteiger partial charge is 0.254 e. The van der Waals surface area contributed by atoms with Gasteiger partial charge in [-0.05, 0) is 54.8 Å². The number of piperazine rings is 1. The molecular formula is C21H23FN2O2. The van der Waals surface area contributed by atoms with Gasteiger partial charge in [-0.1, -0.05) is 26.0 Å². The van der Waals surface area contributed by atoms with Crippen LogP contribution in [0.3, 0.4) is 0 Å². The molecule has 26 heavy (non-hydrogen) atoms. The predicted molar refractivity (Wildman–Crippen MR) is 99.8 cm³/mol. The minimum atomic E-state index is -0.564. The molecule has 2 aromatic carbocycles. The molecular weight excluding hydrogens is 331 g/mol. The molecule has 136 valence electrons. The maximum atomic E-state index is 13.1. The molecule has 5 heteroatoms. The van der Waals surface area contributed by atoms with Crippen molar-refractivity contribution in [1.82, 2.24) is 4.90 Å². The Bertz CT molecular complexity index is 800. The summed E-state index contributed by atoms with van der Waals surface area (Å²) in [5.41, 5.74) is 2.46. The van der Waals surface area contributed by atoms with Gasteiger partial charge in [-0.15, -0.1) is 0 Å². The first-order valence-electron chi connectivity index (χ1n) is 8.86. The van der Waals surface area contributed by atoms with Gasteiger partial charge in [0.15, 0.2) is 0 Å². The second-order valence-electron chi connectivity index (χ2n) is 6.92. The van der Waals surface area contributed by atoms with Crippen LogP contribution in [0.5, 0.6) is 0 Å². The van der Waals surface area contributed by atoms with Gasteiger partial charge in [0.05, 0.1) is 0 Å². The van der Waals surface area contributed by atoms with Crippen LogP contribution in [0.4, 0.5) is 10.1 Å². The molecule has 2 amide bonds. The second-order valence-corrected chi connectivity index (χ2v) is 6.92. The highest BCUT2D eigenvalue weighted by atomic mass is 19.1. The first-order chi connectivity index (χ1) is 12.4. The zero-order valence-electron chi connectivity index (χ0n) is 15.3. The number of nitrogens with zero attached hydrogens (tertiary/aromatic N) is 2. The molecule has 0 saturated carbocycles. The molecule has 0 spiro atoms. The second kappa shape index (κ2) is 7.28. The van der Waals surface area contributed by atoms with Gasteiger partial charge in [0.2, 0.25) is 5.91 Å². The van der Waals surface area contributed by atoms with Crippen LogP contribution in [0.15, 0.2) is 48.5 Å². The van der Waals surface area contributed by atoms with Crippen LogP contribution in [0, 0.1) is 5.82 Å². The first kappa shape index (κ1) is 18.1. The number of rotatable bonds is 3. The van der Waals surface area contributed by atoms with Gasteiger partial charge in [0, 0.05) is 24.3 Å². The lowest BCUT2D eigenvalue weighted by atomic mass is 10.0. The van der Waals surface area contributed by atoms with Crippen LogP contribution in [0.2, 0.25) is 0 Å². The predicted octanol–water partition coefficient (Wildman–Crippen LogP) is 3.83. The van der Waals surface area contributed by atoms with E-state index in [1.165, 1.54) is 29.8 Å². The molecule has 1 aliphatic rings. The molecule has 2 aromatic rings. The number of amides is 2. The van der Waals surface area contributed by atoms with Gasteiger partial charge in [0.1, 0.15) is 11.9 Å². The maximum absolute atomic E-state index is 13.1. The SMILES string of the molecule is CC(C)c1ccc(N2CCN(C(=O)c3ccc(F)cc3)[C@@H](C)C2=O)cc1. The van der Waals surface area contributed by atoms with Gasteiger partial charge >= 0.3 is 0 Å². The fourth-order valence-corrected chi connectivity index (χ4v) is 3.20. The molecule has 0 unspecified atom stereocenters. The zero-order valence-corrected chi connectivity index (χ0v) is 15.3. The summed E-state index contributed by atoms with van der Waals surface area (Å²) in [5, 5.41) is 0. The summed E-state index contributed by atoms with van der Waals surface area (Å²) in [6.45, 7) is 6.87. The molecule has 0 radical (unpaired) electrons. The molecule has 1 fully saturated rings. The third-order valence-electron chi connectivity index (χ3n) is 4.88. The Labute approximate surface area is 153 Å². The summed E-state index contributed by atoms with van der Waals surface area (Å²) in [6, 6.07) is 12.8. The first-order valence-corrected chi connectivity index (χ1v) is 8.86. The molecule has 1 atom stereocenters. The van der Waals surface area contributed by atoms with Crippen LogP contribution in [-0.4, -0.2) is 35.8 Å². The van der Waals surface area contributed by atoms with Gasteiger partial charge in [-0.25, -0.2) is 4.39 Å². The van der Waals surface area contributed by atoms with Crippen LogP contribution in [0.1, 0.15) is 42.6 Å². The summed E-state index contributed by atoms with van der Waals surface area (Å²) in [6.07, 6.45) is 0.